The molecule has 30 heavy (non-hydrogen) atoms. The quantitative estimate of drug-likeness (QED) is 0.214. The summed E-state index contributed by atoms with van der Waals surface area (Å²) in [6.07, 6.45) is 0.633. The van der Waals surface area contributed by atoms with Gasteiger partial charge in [0.1, 0.15) is 11.5 Å². The molecule has 5 rings (SSSR count). The van der Waals surface area contributed by atoms with E-state index in [0.717, 1.165) is 38.4 Å². The Labute approximate surface area is 180 Å². The van der Waals surface area contributed by atoms with Crippen LogP contribution in [0.15, 0.2) is 72.8 Å². The molecule has 1 fully saturated rings. The molecule has 0 N–H and O–H groups in total. The lowest BCUT2D eigenvalue weighted by Gasteiger charge is -2.19. The highest BCUT2D eigenvalue weighted by Gasteiger charge is 2.57. The third-order valence-corrected chi connectivity index (χ3v) is 6.69. The average molecular weight is 417 g/mol. The van der Waals surface area contributed by atoms with Gasteiger partial charge in [0.05, 0.1) is 17.9 Å². The van der Waals surface area contributed by atoms with Crippen LogP contribution in [-0.2, 0) is 4.79 Å². The Bertz CT molecular complexity index is 1300. The first kappa shape index (κ1) is 19.0. The summed E-state index contributed by atoms with van der Waals surface area (Å²) in [6.45, 7) is 1.85. The highest BCUT2D eigenvalue weighted by Crippen LogP contribution is 2.52. The number of carbonyl (C=O) groups is 1. The Kier molecular flexibility index (Phi) is 4.44. The van der Waals surface area contributed by atoms with E-state index in [4.69, 9.17) is 21.1 Å². The highest BCUT2D eigenvalue weighted by molar-refractivity contribution is 6.25. The largest absolute Gasteiger partial charge is 0.496 e. The van der Waals surface area contributed by atoms with Gasteiger partial charge in [0.2, 0.25) is 0 Å². The van der Waals surface area contributed by atoms with Gasteiger partial charge in [-0.2, -0.15) is 0 Å². The zero-order valence-corrected chi connectivity index (χ0v) is 17.6. The third kappa shape index (κ3) is 2.93. The standard InChI is InChI=1S/C26H21ClO3/c1-26(15-22(26)27)25(28)30-21-14-12-17-8-4-6-10-19(17)24(21)23-18-9-5-3-7-16(18)11-13-20(23)29-2/h3-14,22H,15H2,1-2H3/t22-,26-/m0/s1. The van der Waals surface area contributed by atoms with Crippen molar-refractivity contribution in [3.63, 3.8) is 0 Å². The van der Waals surface area contributed by atoms with Gasteiger partial charge in [0, 0.05) is 11.1 Å². The highest BCUT2D eigenvalue weighted by atomic mass is 35.5. The Hall–Kier alpha value is -3.04. The molecule has 0 aliphatic heterocycles. The molecule has 1 aliphatic rings. The number of halogens is 1. The normalized spacial score (nSPS) is 20.3. The van der Waals surface area contributed by atoms with E-state index in [1.165, 1.54) is 0 Å². The van der Waals surface area contributed by atoms with E-state index in [9.17, 15) is 4.79 Å². The van der Waals surface area contributed by atoms with Crippen LogP contribution in [-0.4, -0.2) is 18.5 Å². The zero-order chi connectivity index (χ0) is 20.9. The minimum Gasteiger partial charge on any atom is -0.496 e. The number of fused-ring (bicyclic) bond motifs is 2. The maximum atomic E-state index is 12.9. The van der Waals surface area contributed by atoms with E-state index in [1.807, 2.05) is 61.5 Å². The van der Waals surface area contributed by atoms with Crippen molar-refractivity contribution in [3.05, 3.63) is 72.8 Å². The van der Waals surface area contributed by atoms with Crippen molar-refractivity contribution in [3.8, 4) is 22.6 Å². The Balaban J connectivity index is 1.80. The van der Waals surface area contributed by atoms with Crippen molar-refractivity contribution in [1.82, 2.24) is 0 Å². The molecule has 3 nitrogen and oxygen atoms in total. The van der Waals surface area contributed by atoms with Gasteiger partial charge in [-0.05, 0) is 47.0 Å². The lowest BCUT2D eigenvalue weighted by atomic mass is 9.92. The second-order valence-electron chi connectivity index (χ2n) is 8.00. The van der Waals surface area contributed by atoms with Crippen LogP contribution in [0.2, 0.25) is 0 Å². The Morgan fingerprint density at radius 3 is 1.90 bits per heavy atom. The summed E-state index contributed by atoms with van der Waals surface area (Å²) in [6, 6.07) is 24.1. The van der Waals surface area contributed by atoms with Crippen LogP contribution in [0.5, 0.6) is 11.5 Å². The molecule has 1 aliphatic carbocycles. The molecule has 0 unspecified atom stereocenters. The van der Waals surface area contributed by atoms with Gasteiger partial charge in [-0.15, -0.1) is 11.6 Å². The molecule has 4 aromatic rings. The number of hydrogen-bond acceptors (Lipinski definition) is 3. The Morgan fingerprint density at radius 2 is 1.37 bits per heavy atom. The summed E-state index contributed by atoms with van der Waals surface area (Å²) in [5.74, 6) is 0.957. The summed E-state index contributed by atoms with van der Waals surface area (Å²) >= 11 is 6.21. The van der Waals surface area contributed by atoms with Gasteiger partial charge < -0.3 is 9.47 Å². The number of rotatable bonds is 4. The van der Waals surface area contributed by atoms with Crippen LogP contribution in [0.3, 0.4) is 0 Å². The van der Waals surface area contributed by atoms with Gasteiger partial charge >= 0.3 is 5.97 Å². The van der Waals surface area contributed by atoms with E-state index < -0.39 is 5.41 Å². The molecule has 0 aromatic heterocycles. The molecule has 0 bridgehead atoms. The smallest absolute Gasteiger partial charge is 0.318 e. The minimum absolute atomic E-state index is 0.180. The summed E-state index contributed by atoms with van der Waals surface area (Å²) in [5.41, 5.74) is 1.14. The first-order valence-electron chi connectivity index (χ1n) is 9.97. The number of esters is 1. The Morgan fingerprint density at radius 1 is 0.867 bits per heavy atom. The SMILES string of the molecule is COc1ccc2ccccc2c1-c1c(OC(=O)[C@@]2(C)C[C@@H]2Cl)ccc2ccccc12. The molecule has 0 heterocycles. The second kappa shape index (κ2) is 7.03. The van der Waals surface area contributed by atoms with Crippen LogP contribution in [0.25, 0.3) is 32.7 Å². The predicted molar refractivity (Wildman–Crippen MR) is 121 cm³/mol. The molecule has 150 valence electrons. The van der Waals surface area contributed by atoms with Gasteiger partial charge in [0.15, 0.2) is 0 Å². The monoisotopic (exact) mass is 416 g/mol. The molecule has 2 atom stereocenters. The van der Waals surface area contributed by atoms with Crippen molar-refractivity contribution < 1.29 is 14.3 Å². The molecule has 0 radical (unpaired) electrons. The van der Waals surface area contributed by atoms with E-state index in [0.29, 0.717) is 12.2 Å². The third-order valence-electron chi connectivity index (χ3n) is 6.05. The molecule has 4 heteroatoms. The predicted octanol–water partition coefficient (Wildman–Crippen LogP) is 6.59. The lowest BCUT2D eigenvalue weighted by molar-refractivity contribution is -0.139. The van der Waals surface area contributed by atoms with Gasteiger partial charge in [-0.25, -0.2) is 0 Å². The number of methoxy groups -OCH3 is 1. The van der Waals surface area contributed by atoms with Crippen molar-refractivity contribution in [2.75, 3.05) is 7.11 Å². The number of alkyl halides is 1. The molecule has 1 saturated carbocycles. The van der Waals surface area contributed by atoms with Gasteiger partial charge in [-0.3, -0.25) is 4.79 Å². The van der Waals surface area contributed by atoms with Crippen LogP contribution in [0.4, 0.5) is 0 Å². The summed E-state index contributed by atoms with van der Waals surface area (Å²) in [4.78, 5) is 12.9. The van der Waals surface area contributed by atoms with Crippen LogP contribution in [0.1, 0.15) is 13.3 Å². The molecule has 0 amide bonds. The van der Waals surface area contributed by atoms with E-state index >= 15 is 0 Å². The first-order valence-corrected chi connectivity index (χ1v) is 10.4. The van der Waals surface area contributed by atoms with Gasteiger partial charge in [-0.1, -0.05) is 60.7 Å². The molecule has 0 saturated heterocycles. The minimum atomic E-state index is -0.632. The summed E-state index contributed by atoms with van der Waals surface area (Å²) in [5, 5.41) is 4.02. The number of benzene rings is 4. The van der Waals surface area contributed by atoms with Crippen molar-refractivity contribution in [1.29, 1.82) is 0 Å². The van der Waals surface area contributed by atoms with Crippen LogP contribution in [0, 0.1) is 5.41 Å². The fourth-order valence-electron chi connectivity index (χ4n) is 4.01. The maximum absolute atomic E-state index is 12.9. The van der Waals surface area contributed by atoms with Gasteiger partial charge in [0.25, 0.3) is 0 Å². The van der Waals surface area contributed by atoms with E-state index in [-0.39, 0.29) is 11.3 Å². The summed E-state index contributed by atoms with van der Waals surface area (Å²) < 4.78 is 11.7. The van der Waals surface area contributed by atoms with Crippen molar-refractivity contribution >= 4 is 39.1 Å². The molecule has 0 spiro atoms. The van der Waals surface area contributed by atoms with E-state index in [1.54, 1.807) is 7.11 Å². The topological polar surface area (TPSA) is 35.5 Å². The van der Waals surface area contributed by atoms with Crippen molar-refractivity contribution in [2.45, 2.75) is 18.7 Å². The fourth-order valence-corrected chi connectivity index (χ4v) is 4.42. The lowest BCUT2D eigenvalue weighted by Crippen LogP contribution is -2.21. The van der Waals surface area contributed by atoms with E-state index in [2.05, 4.69) is 18.2 Å². The number of hydrogen-bond donors (Lipinski definition) is 0. The van der Waals surface area contributed by atoms with Crippen LogP contribution >= 0.6 is 11.6 Å². The van der Waals surface area contributed by atoms with Crippen molar-refractivity contribution in [2.24, 2.45) is 5.41 Å². The maximum Gasteiger partial charge on any atom is 0.318 e. The second-order valence-corrected chi connectivity index (χ2v) is 8.53. The average Bonchev–Trinajstić information content (AvgIpc) is 3.40. The van der Waals surface area contributed by atoms with Crippen LogP contribution < -0.4 is 9.47 Å². The fraction of sp³-hybridized carbons (Fsp3) is 0.192. The first-order chi connectivity index (χ1) is 14.5. The number of carbonyl (C=O) groups excluding carboxylic acids is 1. The molecule has 4 aromatic carbocycles. The zero-order valence-electron chi connectivity index (χ0n) is 16.8. The molecular formula is C26H21ClO3. The number of ether oxygens (including phenoxy) is 2. The summed E-state index contributed by atoms with van der Waals surface area (Å²) in [7, 11) is 1.66. The molecular weight excluding hydrogens is 396 g/mol.